The van der Waals surface area contributed by atoms with E-state index in [9.17, 15) is 4.39 Å². The molecule has 0 aliphatic rings. The number of ether oxygens (including phenoxy) is 3. The maximum atomic E-state index is 13.3. The van der Waals surface area contributed by atoms with E-state index in [0.29, 0.717) is 27.7 Å². The van der Waals surface area contributed by atoms with Crippen molar-refractivity contribution in [3.8, 4) is 28.5 Å². The molecule has 164 valence electrons. The molecule has 0 aliphatic carbocycles. The van der Waals surface area contributed by atoms with Crippen LogP contribution < -0.4 is 19.0 Å². The molecule has 0 fully saturated rings. The highest BCUT2D eigenvalue weighted by Crippen LogP contribution is 2.41. The molecule has 4 aromatic rings. The van der Waals surface area contributed by atoms with Gasteiger partial charge in [0.2, 0.25) is 10.6 Å². The monoisotopic (exact) mass is 469 g/mol. The number of halogens is 1. The minimum Gasteiger partial charge on any atom is -0.493 e. The molecule has 32 heavy (non-hydrogen) atoms. The third-order valence-corrected chi connectivity index (χ3v) is 6.08. The third-order valence-electron chi connectivity index (χ3n) is 4.56. The van der Waals surface area contributed by atoms with Crippen LogP contribution in [0, 0.1) is 5.82 Å². The molecule has 9 heteroatoms. The van der Waals surface area contributed by atoms with Gasteiger partial charge in [-0.1, -0.05) is 0 Å². The van der Waals surface area contributed by atoms with E-state index in [1.807, 2.05) is 34.3 Å². The van der Waals surface area contributed by atoms with Gasteiger partial charge in [-0.15, -0.1) is 11.3 Å². The van der Waals surface area contributed by atoms with Gasteiger partial charge in [0.25, 0.3) is 0 Å². The Hall–Kier alpha value is -3.43. The maximum Gasteiger partial charge on any atom is 0.211 e. The van der Waals surface area contributed by atoms with E-state index in [1.165, 1.54) is 23.5 Å². The lowest BCUT2D eigenvalue weighted by Crippen LogP contribution is -2.11. The van der Waals surface area contributed by atoms with Crippen molar-refractivity contribution in [1.82, 2.24) is 4.68 Å². The van der Waals surface area contributed by atoms with Crippen LogP contribution in [0.25, 0.3) is 11.3 Å². The lowest BCUT2D eigenvalue weighted by atomic mass is 10.1. The van der Waals surface area contributed by atoms with E-state index >= 15 is 0 Å². The predicted molar refractivity (Wildman–Crippen MR) is 126 cm³/mol. The molecule has 0 aliphatic heterocycles. The molecule has 6 nitrogen and oxygen atoms in total. The third kappa shape index (κ3) is 4.58. The number of thiazole rings is 1. The van der Waals surface area contributed by atoms with Crippen LogP contribution in [0.3, 0.4) is 0 Å². The quantitative estimate of drug-likeness (QED) is 0.333. The van der Waals surface area contributed by atoms with E-state index in [1.54, 1.807) is 55.7 Å². The Balaban J connectivity index is 1.89. The zero-order chi connectivity index (χ0) is 22.5. The number of methoxy groups -OCH3 is 3. The molecule has 0 spiro atoms. The van der Waals surface area contributed by atoms with E-state index < -0.39 is 0 Å². The van der Waals surface area contributed by atoms with Crippen LogP contribution in [0.5, 0.6) is 17.2 Å². The van der Waals surface area contributed by atoms with Crippen molar-refractivity contribution in [2.24, 2.45) is 10.1 Å². The van der Waals surface area contributed by atoms with Crippen molar-refractivity contribution < 1.29 is 18.6 Å². The zero-order valence-electron chi connectivity index (χ0n) is 17.6. The summed E-state index contributed by atoms with van der Waals surface area (Å²) in [5.74, 6) is 1.28. The number of aromatic nitrogens is 1. The molecular weight excluding hydrogens is 449 g/mol. The molecule has 0 bridgehead atoms. The molecule has 2 aromatic carbocycles. The second-order valence-electron chi connectivity index (χ2n) is 6.52. The van der Waals surface area contributed by atoms with Gasteiger partial charge in [0.15, 0.2) is 11.5 Å². The number of thiophene rings is 1. The van der Waals surface area contributed by atoms with Crippen molar-refractivity contribution in [3.63, 3.8) is 0 Å². The number of rotatable bonds is 7. The van der Waals surface area contributed by atoms with Gasteiger partial charge in [-0.25, -0.2) is 14.1 Å². The van der Waals surface area contributed by atoms with Crippen LogP contribution in [0.1, 0.15) is 5.56 Å². The second-order valence-corrected chi connectivity index (χ2v) is 8.14. The number of nitrogens with zero attached hydrogens (tertiary/aromatic N) is 3. The summed E-state index contributed by atoms with van der Waals surface area (Å²) in [6.07, 6.45) is 1.77. The summed E-state index contributed by atoms with van der Waals surface area (Å²) in [7, 11) is 4.72. The molecule has 0 saturated heterocycles. The summed E-state index contributed by atoms with van der Waals surface area (Å²) in [4.78, 5) is 5.29. The topological polar surface area (TPSA) is 57.3 Å². The van der Waals surface area contributed by atoms with E-state index in [-0.39, 0.29) is 5.82 Å². The SMILES string of the molecule is COc1cc(-c2csc(=Nc3ccc(F)cc3)n2N=Cc2ccsc2)cc(OC)c1OC. The Morgan fingerprint density at radius 1 is 0.938 bits per heavy atom. The number of hydrogen-bond donors (Lipinski definition) is 0. The largest absolute Gasteiger partial charge is 0.493 e. The Labute approximate surface area is 192 Å². The highest BCUT2D eigenvalue weighted by atomic mass is 32.1. The van der Waals surface area contributed by atoms with Crippen LogP contribution in [0.4, 0.5) is 10.1 Å². The fourth-order valence-electron chi connectivity index (χ4n) is 3.01. The van der Waals surface area contributed by atoms with Crippen LogP contribution in [-0.2, 0) is 0 Å². The van der Waals surface area contributed by atoms with Gasteiger partial charge in [-0.2, -0.15) is 16.4 Å². The van der Waals surface area contributed by atoms with Gasteiger partial charge in [0, 0.05) is 16.5 Å². The Bertz CT molecular complexity index is 1270. The summed E-state index contributed by atoms with van der Waals surface area (Å²) >= 11 is 3.02. The van der Waals surface area contributed by atoms with Gasteiger partial charge in [0.05, 0.1) is 38.9 Å². The molecule has 0 N–H and O–H groups in total. The lowest BCUT2D eigenvalue weighted by molar-refractivity contribution is 0.324. The first-order chi connectivity index (χ1) is 15.6. The first kappa shape index (κ1) is 21.8. The maximum absolute atomic E-state index is 13.3. The van der Waals surface area contributed by atoms with Crippen LogP contribution in [0.15, 0.2) is 68.7 Å². The highest BCUT2D eigenvalue weighted by molar-refractivity contribution is 7.08. The standard InChI is InChI=1S/C23H20FN3O3S2/c1-28-20-10-16(11-21(29-2)22(20)30-3)19-14-32-23(26-18-6-4-17(24)5-7-18)27(19)25-12-15-8-9-31-13-15/h4-14H,1-3H3. The van der Waals surface area contributed by atoms with Gasteiger partial charge in [0.1, 0.15) is 5.82 Å². The minimum atomic E-state index is -0.309. The molecule has 0 radical (unpaired) electrons. The highest BCUT2D eigenvalue weighted by Gasteiger charge is 2.17. The average molecular weight is 470 g/mol. The molecule has 0 unspecified atom stereocenters. The fourth-order valence-corrected chi connectivity index (χ4v) is 4.48. The summed E-state index contributed by atoms with van der Waals surface area (Å²) in [6, 6.07) is 11.7. The van der Waals surface area contributed by atoms with E-state index in [4.69, 9.17) is 14.2 Å². The Morgan fingerprint density at radius 3 is 2.25 bits per heavy atom. The number of benzene rings is 2. The lowest BCUT2D eigenvalue weighted by Gasteiger charge is -2.14. The van der Waals surface area contributed by atoms with Crippen molar-refractivity contribution in [1.29, 1.82) is 0 Å². The van der Waals surface area contributed by atoms with Crippen LogP contribution in [-0.4, -0.2) is 32.2 Å². The molecule has 0 amide bonds. The van der Waals surface area contributed by atoms with Gasteiger partial charge >= 0.3 is 0 Å². The molecule has 0 saturated carbocycles. The molecule has 4 rings (SSSR count). The molecule has 0 atom stereocenters. The van der Waals surface area contributed by atoms with E-state index in [0.717, 1.165) is 16.8 Å². The summed E-state index contributed by atoms with van der Waals surface area (Å²) < 4.78 is 31.5. The second kappa shape index (κ2) is 9.80. The number of hydrogen-bond acceptors (Lipinski definition) is 7. The van der Waals surface area contributed by atoms with Crippen LogP contribution in [0.2, 0.25) is 0 Å². The molecule has 2 heterocycles. The normalized spacial score (nSPS) is 11.8. The Kier molecular flexibility index (Phi) is 6.67. The summed E-state index contributed by atoms with van der Waals surface area (Å²) in [5.41, 5.74) is 3.22. The average Bonchev–Trinajstić information content (AvgIpc) is 3.48. The summed E-state index contributed by atoms with van der Waals surface area (Å²) in [6.45, 7) is 0. The van der Waals surface area contributed by atoms with Crippen molar-refractivity contribution in [2.45, 2.75) is 0 Å². The van der Waals surface area contributed by atoms with Gasteiger partial charge < -0.3 is 14.2 Å². The first-order valence-corrected chi connectivity index (χ1v) is 11.3. The smallest absolute Gasteiger partial charge is 0.211 e. The van der Waals surface area contributed by atoms with Crippen molar-refractivity contribution >= 4 is 34.6 Å². The zero-order valence-corrected chi connectivity index (χ0v) is 19.2. The summed E-state index contributed by atoms with van der Waals surface area (Å²) in [5, 5.41) is 10.6. The van der Waals surface area contributed by atoms with Gasteiger partial charge in [-0.3, -0.25) is 0 Å². The first-order valence-electron chi connectivity index (χ1n) is 9.50. The minimum absolute atomic E-state index is 0.309. The molecular formula is C23H20FN3O3S2. The van der Waals surface area contributed by atoms with E-state index in [2.05, 4.69) is 10.1 Å². The van der Waals surface area contributed by atoms with Gasteiger partial charge in [-0.05, 0) is 53.2 Å². The van der Waals surface area contributed by atoms with Crippen LogP contribution >= 0.6 is 22.7 Å². The Morgan fingerprint density at radius 2 is 1.66 bits per heavy atom. The predicted octanol–water partition coefficient (Wildman–Crippen LogP) is 5.56. The van der Waals surface area contributed by atoms with Crippen molar-refractivity contribution in [2.75, 3.05) is 21.3 Å². The fraction of sp³-hybridized carbons (Fsp3) is 0.130. The molecule has 2 aromatic heterocycles. The van der Waals surface area contributed by atoms with Crippen molar-refractivity contribution in [3.05, 3.63) is 74.8 Å².